The van der Waals surface area contributed by atoms with Crippen LogP contribution < -0.4 is 10.1 Å². The van der Waals surface area contributed by atoms with Crippen LogP contribution in [-0.4, -0.2) is 59.9 Å². The maximum Gasteiger partial charge on any atom is 0.306 e. The van der Waals surface area contributed by atoms with Crippen LogP contribution in [0.5, 0.6) is 5.75 Å². The number of hydrogen-bond donors (Lipinski definition) is 2. The van der Waals surface area contributed by atoms with E-state index in [4.69, 9.17) is 24.3 Å². The molecule has 206 valence electrons. The SMILES string of the molecule is C[C@H]1OC(c2ccc(OCCCO)cc2)=N[C@@]1(CCC(=O)OC(C)(C)C)C(=O)NCCCc1ccccc1. The molecule has 3 rings (SSSR count). The fourth-order valence-electron chi connectivity index (χ4n) is 4.23. The van der Waals surface area contributed by atoms with E-state index in [0.717, 1.165) is 12.8 Å². The molecule has 38 heavy (non-hydrogen) atoms. The fourth-order valence-corrected chi connectivity index (χ4v) is 4.23. The van der Waals surface area contributed by atoms with Crippen LogP contribution in [0, 0.1) is 0 Å². The van der Waals surface area contributed by atoms with Gasteiger partial charge in [-0.1, -0.05) is 30.3 Å². The zero-order chi connectivity index (χ0) is 27.6. The van der Waals surface area contributed by atoms with Crippen molar-refractivity contribution in [2.75, 3.05) is 19.8 Å². The maximum absolute atomic E-state index is 13.6. The number of nitrogens with one attached hydrogen (secondary N) is 1. The first-order valence-corrected chi connectivity index (χ1v) is 13.3. The van der Waals surface area contributed by atoms with Crippen molar-refractivity contribution in [2.45, 2.75) is 77.0 Å². The minimum atomic E-state index is -1.25. The Morgan fingerprint density at radius 2 is 1.79 bits per heavy atom. The molecule has 0 fully saturated rings. The van der Waals surface area contributed by atoms with E-state index in [1.807, 2.05) is 58.0 Å². The molecular weight excluding hydrogens is 484 g/mol. The van der Waals surface area contributed by atoms with E-state index < -0.39 is 17.2 Å². The summed E-state index contributed by atoms with van der Waals surface area (Å²) in [7, 11) is 0. The molecule has 0 saturated carbocycles. The predicted molar refractivity (Wildman–Crippen MR) is 146 cm³/mol. The number of nitrogens with zero attached hydrogens (tertiary/aromatic N) is 1. The number of benzene rings is 2. The maximum atomic E-state index is 13.6. The molecule has 0 aliphatic carbocycles. The quantitative estimate of drug-likeness (QED) is 0.300. The van der Waals surface area contributed by atoms with Crippen molar-refractivity contribution in [1.29, 1.82) is 0 Å². The topological polar surface area (TPSA) is 106 Å². The molecule has 0 aromatic heterocycles. The molecule has 0 spiro atoms. The molecule has 2 atom stereocenters. The van der Waals surface area contributed by atoms with Gasteiger partial charge in [-0.2, -0.15) is 0 Å². The lowest BCUT2D eigenvalue weighted by molar-refractivity contribution is -0.155. The molecule has 8 heteroatoms. The molecular formula is C30H40N2O6. The number of esters is 1. The second-order valence-electron chi connectivity index (χ2n) is 10.5. The van der Waals surface area contributed by atoms with Crippen LogP contribution in [0.1, 0.15) is 64.5 Å². The number of amides is 1. The number of aryl methyl sites for hydroxylation is 1. The van der Waals surface area contributed by atoms with Gasteiger partial charge in [0.05, 0.1) is 6.61 Å². The van der Waals surface area contributed by atoms with Gasteiger partial charge in [-0.25, -0.2) is 4.99 Å². The Labute approximate surface area is 225 Å². The fraction of sp³-hybridized carbons (Fsp3) is 0.500. The third kappa shape index (κ3) is 8.31. The van der Waals surface area contributed by atoms with Crippen molar-refractivity contribution in [1.82, 2.24) is 5.32 Å². The molecule has 0 radical (unpaired) electrons. The molecule has 2 N–H and O–H groups in total. The Morgan fingerprint density at radius 3 is 2.45 bits per heavy atom. The molecule has 1 aliphatic rings. The summed E-state index contributed by atoms with van der Waals surface area (Å²) in [4.78, 5) is 30.9. The zero-order valence-electron chi connectivity index (χ0n) is 22.9. The Morgan fingerprint density at radius 1 is 1.08 bits per heavy atom. The van der Waals surface area contributed by atoms with Gasteiger partial charge < -0.3 is 24.6 Å². The number of ether oxygens (including phenoxy) is 3. The van der Waals surface area contributed by atoms with Crippen LogP contribution >= 0.6 is 0 Å². The summed E-state index contributed by atoms with van der Waals surface area (Å²) < 4.78 is 17.2. The zero-order valence-corrected chi connectivity index (χ0v) is 22.9. The molecule has 1 heterocycles. The van der Waals surface area contributed by atoms with E-state index in [2.05, 4.69) is 17.4 Å². The van der Waals surface area contributed by atoms with E-state index in [1.165, 1.54) is 5.56 Å². The van der Waals surface area contributed by atoms with Gasteiger partial charge in [-0.05, 0) is 76.8 Å². The highest BCUT2D eigenvalue weighted by atomic mass is 16.6. The van der Waals surface area contributed by atoms with E-state index in [9.17, 15) is 9.59 Å². The molecule has 2 aromatic rings. The van der Waals surface area contributed by atoms with Crippen LogP contribution in [0.2, 0.25) is 0 Å². The van der Waals surface area contributed by atoms with E-state index in [0.29, 0.717) is 36.8 Å². The molecule has 1 aliphatic heterocycles. The average Bonchev–Trinajstić information content (AvgIpc) is 3.22. The number of aliphatic imine (C=N–C) groups is 1. The Bertz CT molecular complexity index is 1080. The second kappa shape index (κ2) is 13.4. The van der Waals surface area contributed by atoms with Crippen molar-refractivity contribution < 1.29 is 28.9 Å². The molecule has 0 bridgehead atoms. The summed E-state index contributed by atoms with van der Waals surface area (Å²) in [5.41, 5.74) is 0.0531. The first-order chi connectivity index (χ1) is 18.1. The van der Waals surface area contributed by atoms with Gasteiger partial charge in [0.15, 0.2) is 5.54 Å². The van der Waals surface area contributed by atoms with Crippen molar-refractivity contribution in [3.05, 3.63) is 65.7 Å². The molecule has 8 nitrogen and oxygen atoms in total. The predicted octanol–water partition coefficient (Wildman–Crippen LogP) is 4.22. The van der Waals surface area contributed by atoms with Crippen molar-refractivity contribution in [3.8, 4) is 5.75 Å². The lowest BCUT2D eigenvalue weighted by Gasteiger charge is -2.28. The largest absolute Gasteiger partial charge is 0.494 e. The van der Waals surface area contributed by atoms with E-state index in [-0.39, 0.29) is 31.3 Å². The summed E-state index contributed by atoms with van der Waals surface area (Å²) in [6.45, 7) is 8.22. The van der Waals surface area contributed by atoms with Gasteiger partial charge >= 0.3 is 5.97 Å². The molecule has 2 aromatic carbocycles. The number of aliphatic hydroxyl groups excluding tert-OH is 1. The van der Waals surface area contributed by atoms with Crippen molar-refractivity contribution in [2.24, 2.45) is 4.99 Å². The van der Waals surface area contributed by atoms with Gasteiger partial charge in [-0.15, -0.1) is 0 Å². The van der Waals surface area contributed by atoms with Crippen LogP contribution in [-0.2, 0) is 25.5 Å². The molecule has 1 amide bonds. The minimum Gasteiger partial charge on any atom is -0.494 e. The Kier molecular flexibility index (Phi) is 10.3. The van der Waals surface area contributed by atoms with Crippen molar-refractivity contribution in [3.63, 3.8) is 0 Å². The highest BCUT2D eigenvalue weighted by Gasteiger charge is 2.50. The number of rotatable bonds is 13. The lowest BCUT2D eigenvalue weighted by atomic mass is 9.87. The molecule has 0 saturated heterocycles. The number of aliphatic hydroxyl groups is 1. The molecule has 0 unspecified atom stereocenters. The summed E-state index contributed by atoms with van der Waals surface area (Å²) in [6.07, 6.45) is 1.81. The summed E-state index contributed by atoms with van der Waals surface area (Å²) >= 11 is 0. The summed E-state index contributed by atoms with van der Waals surface area (Å²) in [5.74, 6) is 0.374. The van der Waals surface area contributed by atoms with Gasteiger partial charge in [0, 0.05) is 31.6 Å². The van der Waals surface area contributed by atoms with Crippen LogP contribution in [0.15, 0.2) is 59.6 Å². The third-order valence-corrected chi connectivity index (χ3v) is 6.23. The second-order valence-corrected chi connectivity index (χ2v) is 10.5. The van der Waals surface area contributed by atoms with E-state index >= 15 is 0 Å². The van der Waals surface area contributed by atoms with Crippen LogP contribution in [0.3, 0.4) is 0 Å². The van der Waals surface area contributed by atoms with Gasteiger partial charge in [0.2, 0.25) is 5.90 Å². The summed E-state index contributed by atoms with van der Waals surface area (Å²) in [6, 6.07) is 17.4. The highest BCUT2D eigenvalue weighted by molar-refractivity contribution is 6.00. The van der Waals surface area contributed by atoms with Crippen LogP contribution in [0.25, 0.3) is 0 Å². The monoisotopic (exact) mass is 524 g/mol. The highest BCUT2D eigenvalue weighted by Crippen LogP contribution is 2.34. The average molecular weight is 525 g/mol. The number of carbonyl (C=O) groups is 2. The first-order valence-electron chi connectivity index (χ1n) is 13.3. The number of carbonyl (C=O) groups excluding carboxylic acids is 2. The van der Waals surface area contributed by atoms with Gasteiger partial charge in [0.25, 0.3) is 5.91 Å². The normalized spacial score (nSPS) is 18.9. The van der Waals surface area contributed by atoms with Gasteiger partial charge in [0.1, 0.15) is 17.5 Å². The smallest absolute Gasteiger partial charge is 0.306 e. The third-order valence-electron chi connectivity index (χ3n) is 6.23. The summed E-state index contributed by atoms with van der Waals surface area (Å²) in [5, 5.41) is 12.0. The van der Waals surface area contributed by atoms with Crippen LogP contribution in [0.4, 0.5) is 0 Å². The van der Waals surface area contributed by atoms with Gasteiger partial charge in [-0.3, -0.25) is 9.59 Å². The standard InChI is InChI=1S/C30H40N2O6/c1-22-30(18-17-26(34)38-29(2,3)4,28(35)31-19-8-12-23-10-6-5-7-11-23)32-27(37-22)24-13-15-25(16-14-24)36-21-9-20-33/h5-7,10-11,13-16,22,33H,8-9,12,17-21H2,1-4H3,(H,31,35)/t22-,30-/m1/s1. The first kappa shape index (κ1) is 29.2. The van der Waals surface area contributed by atoms with E-state index in [1.54, 1.807) is 12.1 Å². The number of hydrogen-bond acceptors (Lipinski definition) is 7. The minimum absolute atomic E-state index is 0.0385. The lowest BCUT2D eigenvalue weighted by Crippen LogP contribution is -2.51. The Balaban J connectivity index is 1.74. The van der Waals surface area contributed by atoms with Crippen molar-refractivity contribution >= 4 is 17.8 Å². The Hall–Kier alpha value is -3.39.